The van der Waals surface area contributed by atoms with Crippen LogP contribution in [0.3, 0.4) is 0 Å². The Morgan fingerprint density at radius 3 is 2.57 bits per heavy atom. The minimum atomic E-state index is -0.826. The van der Waals surface area contributed by atoms with E-state index in [9.17, 15) is 14.4 Å². The number of hydrogen-bond acceptors (Lipinski definition) is 3. The second-order valence-corrected chi connectivity index (χ2v) is 6.19. The van der Waals surface area contributed by atoms with Gasteiger partial charge in [0.25, 0.3) is 11.8 Å². The number of imide groups is 1. The topological polar surface area (TPSA) is 74.7 Å². The third-order valence-corrected chi connectivity index (χ3v) is 4.12. The molecule has 1 aliphatic heterocycles. The lowest BCUT2D eigenvalue weighted by Crippen LogP contribution is -2.31. The molecule has 5 nitrogen and oxygen atoms in total. The quantitative estimate of drug-likeness (QED) is 0.797. The molecule has 0 saturated heterocycles. The lowest BCUT2D eigenvalue weighted by molar-refractivity contribution is -0.137. The van der Waals surface area contributed by atoms with Crippen LogP contribution in [0.2, 0.25) is 0 Å². The molecule has 1 aromatic carbocycles. The van der Waals surface area contributed by atoms with E-state index in [1.54, 1.807) is 18.2 Å². The molecule has 1 N–H and O–H groups in total. The van der Waals surface area contributed by atoms with E-state index >= 15 is 0 Å². The molecule has 0 saturated carbocycles. The summed E-state index contributed by atoms with van der Waals surface area (Å²) in [5.41, 5.74) is 0.856. The molecule has 1 aromatic rings. The molecule has 1 heterocycles. The first-order valence-electron chi connectivity index (χ1n) is 6.77. The Morgan fingerprint density at radius 2 is 1.90 bits per heavy atom. The Labute approximate surface area is 131 Å². The van der Waals surface area contributed by atoms with Crippen LogP contribution in [0.1, 0.15) is 46.9 Å². The fourth-order valence-electron chi connectivity index (χ4n) is 2.33. The number of benzene rings is 1. The summed E-state index contributed by atoms with van der Waals surface area (Å²) in [5, 5.41) is 8.65. The van der Waals surface area contributed by atoms with Gasteiger partial charge in [-0.25, -0.2) is 0 Å². The van der Waals surface area contributed by atoms with Crippen LogP contribution in [0, 0.1) is 5.92 Å². The Bertz CT molecular complexity index is 599. The smallest absolute Gasteiger partial charge is 0.303 e. The van der Waals surface area contributed by atoms with Gasteiger partial charge in [0.1, 0.15) is 0 Å². The molecule has 0 radical (unpaired) electrons. The highest BCUT2D eigenvalue weighted by molar-refractivity contribution is 9.10. The summed E-state index contributed by atoms with van der Waals surface area (Å²) in [6.07, 6.45) is 1.26. The molecule has 2 rings (SSSR count). The lowest BCUT2D eigenvalue weighted by Gasteiger charge is -2.16. The fourth-order valence-corrected chi connectivity index (χ4v) is 2.69. The first-order valence-corrected chi connectivity index (χ1v) is 7.57. The summed E-state index contributed by atoms with van der Waals surface area (Å²) < 4.78 is 0.763. The van der Waals surface area contributed by atoms with Crippen molar-refractivity contribution in [2.75, 3.05) is 6.54 Å². The molecule has 112 valence electrons. The van der Waals surface area contributed by atoms with E-state index in [1.165, 1.54) is 4.90 Å². The van der Waals surface area contributed by atoms with E-state index in [0.717, 1.165) is 4.47 Å². The van der Waals surface area contributed by atoms with Crippen molar-refractivity contribution >= 4 is 33.7 Å². The molecule has 0 aromatic heterocycles. The van der Waals surface area contributed by atoms with Crippen LogP contribution in [-0.4, -0.2) is 34.3 Å². The van der Waals surface area contributed by atoms with Crippen molar-refractivity contribution in [3.63, 3.8) is 0 Å². The van der Waals surface area contributed by atoms with Gasteiger partial charge in [-0.1, -0.05) is 22.9 Å². The molecule has 1 aliphatic rings. The van der Waals surface area contributed by atoms with E-state index in [2.05, 4.69) is 15.9 Å². The minimum absolute atomic E-state index is 0.107. The van der Waals surface area contributed by atoms with Gasteiger partial charge < -0.3 is 5.11 Å². The van der Waals surface area contributed by atoms with Crippen LogP contribution in [-0.2, 0) is 4.79 Å². The van der Waals surface area contributed by atoms with Crippen LogP contribution >= 0.6 is 15.9 Å². The van der Waals surface area contributed by atoms with Gasteiger partial charge in [-0.2, -0.15) is 0 Å². The molecule has 0 fully saturated rings. The zero-order valence-electron chi connectivity index (χ0n) is 11.6. The normalized spacial score (nSPS) is 15.2. The predicted octanol–water partition coefficient (Wildman–Crippen LogP) is 2.94. The molecular formula is C15H16BrNO4. The van der Waals surface area contributed by atoms with Gasteiger partial charge in [-0.05, 0) is 37.0 Å². The molecule has 6 heteroatoms. The second-order valence-electron chi connectivity index (χ2n) is 5.28. The molecule has 0 aliphatic carbocycles. The molecule has 2 amide bonds. The zero-order chi connectivity index (χ0) is 15.6. The molecule has 0 spiro atoms. The largest absolute Gasteiger partial charge is 0.481 e. The van der Waals surface area contributed by atoms with Gasteiger partial charge in [0.2, 0.25) is 0 Å². The molecule has 0 bridgehead atoms. The zero-order valence-corrected chi connectivity index (χ0v) is 13.2. The number of carbonyl (C=O) groups excluding carboxylic acids is 2. The summed E-state index contributed by atoms with van der Waals surface area (Å²) >= 11 is 3.29. The number of rotatable bonds is 6. The van der Waals surface area contributed by atoms with Crippen molar-refractivity contribution in [2.45, 2.75) is 26.2 Å². The highest BCUT2D eigenvalue weighted by Gasteiger charge is 2.35. The van der Waals surface area contributed by atoms with Crippen LogP contribution in [0.15, 0.2) is 22.7 Å². The maximum atomic E-state index is 12.2. The summed E-state index contributed by atoms with van der Waals surface area (Å²) in [4.78, 5) is 36.2. The monoisotopic (exact) mass is 353 g/mol. The van der Waals surface area contributed by atoms with Crippen molar-refractivity contribution in [3.05, 3.63) is 33.8 Å². The number of carboxylic acid groups (broad SMARTS) is 1. The van der Waals surface area contributed by atoms with Crippen LogP contribution in [0.5, 0.6) is 0 Å². The van der Waals surface area contributed by atoms with Crippen molar-refractivity contribution in [3.8, 4) is 0 Å². The molecule has 21 heavy (non-hydrogen) atoms. The maximum absolute atomic E-state index is 12.2. The van der Waals surface area contributed by atoms with Gasteiger partial charge in [0, 0.05) is 17.4 Å². The Hall–Kier alpha value is -1.69. The van der Waals surface area contributed by atoms with Gasteiger partial charge in [0.15, 0.2) is 0 Å². The predicted molar refractivity (Wildman–Crippen MR) is 80.2 cm³/mol. The third kappa shape index (κ3) is 3.50. The van der Waals surface area contributed by atoms with E-state index in [-0.39, 0.29) is 24.2 Å². The van der Waals surface area contributed by atoms with Gasteiger partial charge in [0.05, 0.1) is 11.1 Å². The fraction of sp³-hybridized carbons (Fsp3) is 0.400. The average molecular weight is 354 g/mol. The first-order chi connectivity index (χ1) is 9.90. The summed E-state index contributed by atoms with van der Waals surface area (Å²) in [6.45, 7) is 2.25. The van der Waals surface area contributed by atoms with E-state index in [4.69, 9.17) is 5.11 Å². The number of aliphatic carboxylic acids is 1. The van der Waals surface area contributed by atoms with Crippen LogP contribution in [0.25, 0.3) is 0 Å². The minimum Gasteiger partial charge on any atom is -0.481 e. The number of nitrogens with zero attached hydrogens (tertiary/aromatic N) is 1. The first kappa shape index (κ1) is 15.7. The summed E-state index contributed by atoms with van der Waals surface area (Å²) in [5.74, 6) is -1.22. The number of hydrogen-bond donors (Lipinski definition) is 1. The number of carboxylic acids is 1. The van der Waals surface area contributed by atoms with E-state index < -0.39 is 5.97 Å². The maximum Gasteiger partial charge on any atom is 0.303 e. The highest BCUT2D eigenvalue weighted by atomic mass is 79.9. The summed E-state index contributed by atoms with van der Waals surface area (Å²) in [6, 6.07) is 5.04. The number of carbonyl (C=O) groups is 3. The molecular weight excluding hydrogens is 338 g/mol. The highest BCUT2D eigenvalue weighted by Crippen LogP contribution is 2.26. The van der Waals surface area contributed by atoms with Crippen LogP contribution < -0.4 is 0 Å². The number of fused-ring (bicyclic) bond motifs is 1. The van der Waals surface area contributed by atoms with E-state index in [1.807, 2.05) is 6.92 Å². The molecule has 1 unspecified atom stereocenters. The van der Waals surface area contributed by atoms with E-state index in [0.29, 0.717) is 30.5 Å². The van der Waals surface area contributed by atoms with Gasteiger partial charge >= 0.3 is 5.97 Å². The third-order valence-electron chi connectivity index (χ3n) is 3.63. The van der Waals surface area contributed by atoms with Crippen molar-refractivity contribution in [1.29, 1.82) is 0 Å². The van der Waals surface area contributed by atoms with Crippen molar-refractivity contribution in [2.24, 2.45) is 5.92 Å². The molecule has 1 atom stereocenters. The number of amides is 2. The lowest BCUT2D eigenvalue weighted by atomic mass is 10.0. The Balaban J connectivity index is 1.98. The SMILES string of the molecule is CC(CCC(=O)O)CCN1C(=O)c2ccc(Br)cc2C1=O. The standard InChI is InChI=1S/C15H16BrNO4/c1-9(2-5-13(18)19)6-7-17-14(20)11-4-3-10(16)8-12(11)15(17)21/h3-4,8-9H,2,5-7H2,1H3,(H,18,19). The van der Waals surface area contributed by atoms with Gasteiger partial charge in [-0.3, -0.25) is 19.3 Å². The Morgan fingerprint density at radius 1 is 1.24 bits per heavy atom. The second kappa shape index (κ2) is 6.39. The van der Waals surface area contributed by atoms with Crippen LogP contribution in [0.4, 0.5) is 0 Å². The number of halogens is 1. The Kier molecular flexibility index (Phi) is 4.77. The van der Waals surface area contributed by atoms with Crippen molar-refractivity contribution in [1.82, 2.24) is 4.90 Å². The van der Waals surface area contributed by atoms with Gasteiger partial charge in [-0.15, -0.1) is 0 Å². The summed E-state index contributed by atoms with van der Waals surface area (Å²) in [7, 11) is 0. The van der Waals surface area contributed by atoms with Crippen molar-refractivity contribution < 1.29 is 19.5 Å². The average Bonchev–Trinajstić information content (AvgIpc) is 2.66.